The number of imidazole rings is 1. The first kappa shape index (κ1) is 37.1. The average molecular weight is 675 g/mol. The zero-order chi connectivity index (χ0) is 35.8. The van der Waals surface area contributed by atoms with Gasteiger partial charge in [-0.2, -0.15) is 0 Å². The Hall–Kier alpha value is -4.71. The smallest absolute Gasteiger partial charge is 0.408 e. The summed E-state index contributed by atoms with van der Waals surface area (Å²) in [6.45, 7) is 13.9. The number of amides is 4. The highest BCUT2D eigenvalue weighted by Crippen LogP contribution is 2.31. The Morgan fingerprint density at radius 2 is 1.61 bits per heavy atom. The van der Waals surface area contributed by atoms with Crippen molar-refractivity contribution in [1.82, 2.24) is 25.1 Å². The van der Waals surface area contributed by atoms with Gasteiger partial charge in [0.05, 0.1) is 19.5 Å². The molecule has 1 fully saturated rings. The summed E-state index contributed by atoms with van der Waals surface area (Å²) >= 11 is 0. The SMILES string of the molecule is CC1(C)CCCN(C(=O)C(c2ccccc2)n2cnc(NC(=O)[C@@H](COCc3ccccc3)NC(=O)C(C)(C)NC(=O)OC(C)(C)C)c2)C1. The van der Waals surface area contributed by atoms with E-state index in [1.54, 1.807) is 31.5 Å². The quantitative estimate of drug-likeness (QED) is 0.244. The predicted octanol–water partition coefficient (Wildman–Crippen LogP) is 5.06. The fourth-order valence-electron chi connectivity index (χ4n) is 5.62. The number of piperidine rings is 1. The third-order valence-corrected chi connectivity index (χ3v) is 8.11. The third kappa shape index (κ3) is 10.9. The second-order valence-electron chi connectivity index (χ2n) is 14.8. The van der Waals surface area contributed by atoms with Crippen LogP contribution in [0.2, 0.25) is 0 Å². The highest BCUT2D eigenvalue weighted by molar-refractivity contribution is 5.98. The minimum atomic E-state index is -1.42. The van der Waals surface area contributed by atoms with Gasteiger partial charge in [-0.25, -0.2) is 9.78 Å². The Morgan fingerprint density at radius 3 is 2.24 bits per heavy atom. The number of carbonyl (C=O) groups is 4. The lowest BCUT2D eigenvalue weighted by Gasteiger charge is -2.39. The Balaban J connectivity index is 1.52. The van der Waals surface area contributed by atoms with Crippen LogP contribution in [0.5, 0.6) is 0 Å². The van der Waals surface area contributed by atoms with Gasteiger partial charge in [-0.15, -0.1) is 0 Å². The number of aromatic nitrogens is 2. The summed E-state index contributed by atoms with van der Waals surface area (Å²) in [5.74, 6) is -1.05. The highest BCUT2D eigenvalue weighted by atomic mass is 16.6. The number of hydrogen-bond donors (Lipinski definition) is 3. The van der Waals surface area contributed by atoms with Crippen molar-refractivity contribution in [2.24, 2.45) is 5.41 Å². The Labute approximate surface area is 288 Å². The summed E-state index contributed by atoms with van der Waals surface area (Å²) in [6, 6.07) is 17.1. The predicted molar refractivity (Wildman–Crippen MR) is 187 cm³/mol. The van der Waals surface area contributed by atoms with Gasteiger partial charge < -0.3 is 34.9 Å². The van der Waals surface area contributed by atoms with Crippen molar-refractivity contribution >= 4 is 29.6 Å². The van der Waals surface area contributed by atoms with Gasteiger partial charge in [0.1, 0.15) is 23.2 Å². The monoisotopic (exact) mass is 674 g/mol. The molecular weight excluding hydrogens is 624 g/mol. The normalized spacial score (nSPS) is 15.9. The van der Waals surface area contributed by atoms with E-state index >= 15 is 0 Å². The van der Waals surface area contributed by atoms with Crippen LogP contribution >= 0.6 is 0 Å². The number of benzene rings is 2. The Kier molecular flexibility index (Phi) is 11.9. The van der Waals surface area contributed by atoms with E-state index in [1.807, 2.05) is 65.6 Å². The Morgan fingerprint density at radius 1 is 0.959 bits per heavy atom. The van der Waals surface area contributed by atoms with E-state index in [-0.39, 0.29) is 30.4 Å². The molecule has 3 aromatic rings. The van der Waals surface area contributed by atoms with Crippen LogP contribution in [0.4, 0.5) is 10.6 Å². The molecule has 12 heteroatoms. The number of ether oxygens (including phenoxy) is 2. The molecule has 4 rings (SSSR count). The molecule has 3 N–H and O–H groups in total. The number of carbonyl (C=O) groups excluding carboxylic acids is 4. The maximum absolute atomic E-state index is 14.0. The summed E-state index contributed by atoms with van der Waals surface area (Å²) in [4.78, 5) is 59.9. The van der Waals surface area contributed by atoms with Crippen LogP contribution in [0, 0.1) is 5.41 Å². The van der Waals surface area contributed by atoms with E-state index in [0.29, 0.717) is 13.1 Å². The number of likely N-dealkylation sites (tertiary alicyclic amines) is 1. The molecule has 0 radical (unpaired) electrons. The third-order valence-electron chi connectivity index (χ3n) is 8.11. The molecule has 1 aliphatic heterocycles. The molecule has 1 unspecified atom stereocenters. The van der Waals surface area contributed by atoms with Gasteiger partial charge in [-0.1, -0.05) is 74.5 Å². The molecular formula is C37H50N6O6. The number of alkyl carbamates (subject to hydrolysis) is 1. The van der Waals surface area contributed by atoms with E-state index in [0.717, 1.165) is 24.0 Å². The number of nitrogens with one attached hydrogen (secondary N) is 3. The first-order valence-corrected chi connectivity index (χ1v) is 16.6. The van der Waals surface area contributed by atoms with Crippen LogP contribution in [-0.4, -0.2) is 75.1 Å². The fourth-order valence-corrected chi connectivity index (χ4v) is 5.62. The van der Waals surface area contributed by atoms with Gasteiger partial charge in [0.2, 0.25) is 11.8 Å². The summed E-state index contributed by atoms with van der Waals surface area (Å²) in [6.07, 6.45) is 4.34. The average Bonchev–Trinajstić information content (AvgIpc) is 3.47. The van der Waals surface area contributed by atoms with Crippen molar-refractivity contribution in [3.63, 3.8) is 0 Å². The van der Waals surface area contributed by atoms with Gasteiger partial charge in [-0.3, -0.25) is 14.4 Å². The molecule has 2 aromatic carbocycles. The van der Waals surface area contributed by atoms with Gasteiger partial charge in [0.15, 0.2) is 5.82 Å². The van der Waals surface area contributed by atoms with E-state index in [9.17, 15) is 19.2 Å². The maximum Gasteiger partial charge on any atom is 0.408 e. The zero-order valence-corrected chi connectivity index (χ0v) is 29.6. The molecule has 0 aliphatic carbocycles. The lowest BCUT2D eigenvalue weighted by atomic mass is 9.84. The van der Waals surface area contributed by atoms with Crippen LogP contribution in [-0.2, 0) is 30.5 Å². The lowest BCUT2D eigenvalue weighted by Crippen LogP contribution is -2.59. The highest BCUT2D eigenvalue weighted by Gasteiger charge is 2.36. The summed E-state index contributed by atoms with van der Waals surface area (Å²) in [7, 11) is 0. The number of hydrogen-bond acceptors (Lipinski definition) is 7. The first-order chi connectivity index (χ1) is 23.0. The molecule has 12 nitrogen and oxygen atoms in total. The standard InChI is InChI=1S/C37H50N6O6/c1-35(2,3)49-34(47)41-37(6,7)33(46)39-28(23-48-22-26-15-10-8-11-16-26)31(44)40-29-21-43(25-38-29)30(27-17-12-9-13-18-27)32(45)42-20-14-19-36(4,5)24-42/h8-13,15-18,21,25,28,30H,14,19-20,22-24H2,1-7H3,(H,39,46)(H,40,44)(H,41,47)/t28-,30?/m1/s1. The number of anilines is 1. The van der Waals surface area contributed by atoms with Crippen LogP contribution in [0.1, 0.15) is 78.5 Å². The van der Waals surface area contributed by atoms with Crippen LogP contribution in [0.15, 0.2) is 73.2 Å². The second-order valence-corrected chi connectivity index (χ2v) is 14.8. The van der Waals surface area contributed by atoms with Gasteiger partial charge in [0.25, 0.3) is 5.91 Å². The summed E-state index contributed by atoms with van der Waals surface area (Å²) in [5, 5.41) is 8.05. The molecule has 4 amide bonds. The minimum absolute atomic E-state index is 0.0161. The van der Waals surface area contributed by atoms with Crippen molar-refractivity contribution in [1.29, 1.82) is 0 Å². The molecule has 264 valence electrons. The second kappa shape index (κ2) is 15.7. The molecule has 1 aliphatic rings. The summed E-state index contributed by atoms with van der Waals surface area (Å²) < 4.78 is 12.9. The van der Waals surface area contributed by atoms with E-state index < -0.39 is 41.1 Å². The molecule has 0 spiro atoms. The molecule has 0 bridgehead atoms. The van der Waals surface area contributed by atoms with Gasteiger partial charge in [-0.05, 0) is 64.0 Å². The molecule has 1 saturated heterocycles. The van der Waals surface area contributed by atoms with Crippen LogP contribution in [0.3, 0.4) is 0 Å². The van der Waals surface area contributed by atoms with E-state index in [1.165, 1.54) is 20.2 Å². The maximum atomic E-state index is 14.0. The topological polar surface area (TPSA) is 144 Å². The Bertz CT molecular complexity index is 1580. The fraction of sp³-hybridized carbons (Fsp3) is 0.486. The van der Waals surface area contributed by atoms with Crippen molar-refractivity contribution in [2.75, 3.05) is 25.0 Å². The minimum Gasteiger partial charge on any atom is -0.444 e. The molecule has 2 atom stereocenters. The van der Waals surface area contributed by atoms with Crippen molar-refractivity contribution in [3.05, 3.63) is 84.3 Å². The van der Waals surface area contributed by atoms with Crippen LogP contribution in [0.25, 0.3) is 0 Å². The largest absolute Gasteiger partial charge is 0.444 e. The van der Waals surface area contributed by atoms with Crippen LogP contribution < -0.4 is 16.0 Å². The summed E-state index contributed by atoms with van der Waals surface area (Å²) in [5.41, 5.74) is -0.476. The van der Waals surface area contributed by atoms with Gasteiger partial charge >= 0.3 is 6.09 Å². The molecule has 1 aromatic heterocycles. The lowest BCUT2D eigenvalue weighted by molar-refractivity contribution is -0.136. The van der Waals surface area contributed by atoms with Crippen molar-refractivity contribution < 1.29 is 28.7 Å². The van der Waals surface area contributed by atoms with Crippen molar-refractivity contribution in [3.8, 4) is 0 Å². The van der Waals surface area contributed by atoms with E-state index in [4.69, 9.17) is 9.47 Å². The van der Waals surface area contributed by atoms with Crippen molar-refractivity contribution in [2.45, 2.75) is 91.1 Å². The zero-order valence-electron chi connectivity index (χ0n) is 29.6. The van der Waals surface area contributed by atoms with E-state index in [2.05, 4.69) is 34.8 Å². The first-order valence-electron chi connectivity index (χ1n) is 16.6. The molecule has 2 heterocycles. The number of rotatable bonds is 12. The number of nitrogens with zero attached hydrogens (tertiary/aromatic N) is 3. The van der Waals surface area contributed by atoms with Gasteiger partial charge in [0, 0.05) is 19.3 Å². The molecule has 0 saturated carbocycles. The molecule has 49 heavy (non-hydrogen) atoms.